The zero-order valence-corrected chi connectivity index (χ0v) is 12.7. The van der Waals surface area contributed by atoms with E-state index in [-0.39, 0.29) is 11.4 Å². The molecule has 0 aliphatic carbocycles. The van der Waals surface area contributed by atoms with Crippen LogP contribution >= 0.6 is 0 Å². The fourth-order valence-electron chi connectivity index (χ4n) is 2.01. The fourth-order valence-corrected chi connectivity index (χ4v) is 3.06. The van der Waals surface area contributed by atoms with Gasteiger partial charge >= 0.3 is 0 Å². The third kappa shape index (κ3) is 3.20. The molecular formula is C13H15N3O5S. The molecule has 0 bridgehead atoms. The molecule has 8 nitrogen and oxygen atoms in total. The maximum absolute atomic E-state index is 12.2. The Bertz CT molecular complexity index is 772. The zero-order valence-electron chi connectivity index (χ0n) is 11.9. The molecule has 22 heavy (non-hydrogen) atoms. The lowest BCUT2D eigenvalue weighted by atomic mass is 10.3. The molecule has 3 rings (SSSR count). The van der Waals surface area contributed by atoms with Crippen molar-refractivity contribution in [1.82, 2.24) is 14.9 Å². The molecule has 1 N–H and O–H groups in total. The Balaban J connectivity index is 1.67. The number of benzene rings is 1. The Labute approximate surface area is 127 Å². The van der Waals surface area contributed by atoms with Gasteiger partial charge in [0.2, 0.25) is 15.9 Å². The Kier molecular flexibility index (Phi) is 3.99. The van der Waals surface area contributed by atoms with Crippen molar-refractivity contribution in [1.29, 1.82) is 0 Å². The van der Waals surface area contributed by atoms with E-state index >= 15 is 0 Å². The Hall–Kier alpha value is -2.13. The van der Waals surface area contributed by atoms with Crippen LogP contribution in [0.1, 0.15) is 11.7 Å². The van der Waals surface area contributed by atoms with E-state index in [0.717, 1.165) is 0 Å². The van der Waals surface area contributed by atoms with Gasteiger partial charge in [0.15, 0.2) is 17.3 Å². The van der Waals surface area contributed by atoms with Crippen molar-refractivity contribution >= 4 is 10.0 Å². The summed E-state index contributed by atoms with van der Waals surface area (Å²) in [5.41, 5.74) is 0. The quantitative estimate of drug-likeness (QED) is 0.861. The highest BCUT2D eigenvalue weighted by Gasteiger charge is 2.19. The Morgan fingerprint density at radius 3 is 2.73 bits per heavy atom. The van der Waals surface area contributed by atoms with Crippen LogP contribution in [0.5, 0.6) is 11.5 Å². The number of fused-ring (bicyclic) bond motifs is 1. The van der Waals surface area contributed by atoms with Crippen LogP contribution in [0.2, 0.25) is 0 Å². The monoisotopic (exact) mass is 325 g/mol. The van der Waals surface area contributed by atoms with E-state index in [1.807, 2.05) is 0 Å². The highest BCUT2D eigenvalue weighted by atomic mass is 32.2. The van der Waals surface area contributed by atoms with Crippen LogP contribution in [0.3, 0.4) is 0 Å². The minimum absolute atomic E-state index is 0.126. The summed E-state index contributed by atoms with van der Waals surface area (Å²) in [6.07, 6.45) is 0.348. The van der Waals surface area contributed by atoms with E-state index in [4.69, 9.17) is 14.0 Å². The molecule has 1 aliphatic rings. The lowest BCUT2D eigenvalue weighted by Gasteiger charge is -2.18. The molecule has 0 atom stereocenters. The standard InChI is InChI=1S/C13H15N3O5S/c1-9-15-13(16-21-9)4-5-14-22(17,18)10-2-3-11-12(8-10)20-7-6-19-11/h2-3,8,14H,4-7H2,1H3. The zero-order chi connectivity index (χ0) is 15.6. The lowest BCUT2D eigenvalue weighted by molar-refractivity contribution is 0.171. The average Bonchev–Trinajstić information content (AvgIpc) is 2.92. The van der Waals surface area contributed by atoms with E-state index in [1.54, 1.807) is 13.0 Å². The summed E-state index contributed by atoms with van der Waals surface area (Å²) < 4.78 is 42.6. The summed E-state index contributed by atoms with van der Waals surface area (Å²) in [5, 5.41) is 3.71. The first-order valence-corrected chi connectivity index (χ1v) is 8.21. The molecular weight excluding hydrogens is 310 g/mol. The summed E-state index contributed by atoms with van der Waals surface area (Å²) in [4.78, 5) is 4.14. The Morgan fingerprint density at radius 2 is 2.00 bits per heavy atom. The van der Waals surface area contributed by atoms with E-state index in [1.165, 1.54) is 12.1 Å². The lowest BCUT2D eigenvalue weighted by Crippen LogP contribution is -2.26. The third-order valence-electron chi connectivity index (χ3n) is 3.03. The SMILES string of the molecule is Cc1nc(CCNS(=O)(=O)c2ccc3c(c2)OCCO3)no1. The first-order chi connectivity index (χ1) is 10.5. The number of aromatic nitrogens is 2. The van der Waals surface area contributed by atoms with Crippen LogP contribution in [0.4, 0.5) is 0 Å². The molecule has 0 saturated carbocycles. The molecule has 2 heterocycles. The van der Waals surface area contributed by atoms with E-state index in [0.29, 0.717) is 42.8 Å². The molecule has 1 aromatic carbocycles. The van der Waals surface area contributed by atoms with Gasteiger partial charge in [0.05, 0.1) is 4.90 Å². The maximum atomic E-state index is 12.2. The molecule has 118 valence electrons. The topological polar surface area (TPSA) is 104 Å². The summed E-state index contributed by atoms with van der Waals surface area (Å²) in [6, 6.07) is 4.52. The minimum Gasteiger partial charge on any atom is -0.486 e. The molecule has 9 heteroatoms. The first-order valence-electron chi connectivity index (χ1n) is 6.73. The number of aryl methyl sites for hydroxylation is 1. The minimum atomic E-state index is -3.63. The second-order valence-electron chi connectivity index (χ2n) is 4.68. The van der Waals surface area contributed by atoms with Gasteiger partial charge in [-0.1, -0.05) is 5.16 Å². The van der Waals surface area contributed by atoms with Crippen molar-refractivity contribution in [2.45, 2.75) is 18.2 Å². The van der Waals surface area contributed by atoms with Crippen molar-refractivity contribution < 1.29 is 22.4 Å². The number of hydrogen-bond acceptors (Lipinski definition) is 7. The number of nitrogens with one attached hydrogen (secondary N) is 1. The normalized spacial score (nSPS) is 14.0. The molecule has 0 unspecified atom stereocenters. The number of sulfonamides is 1. The smallest absolute Gasteiger partial charge is 0.240 e. The van der Waals surface area contributed by atoms with Gasteiger partial charge in [0.1, 0.15) is 13.2 Å². The molecule has 1 aliphatic heterocycles. The Morgan fingerprint density at radius 1 is 1.23 bits per heavy atom. The highest BCUT2D eigenvalue weighted by Crippen LogP contribution is 2.32. The molecule has 0 radical (unpaired) electrons. The van der Waals surface area contributed by atoms with Gasteiger partial charge in [-0.15, -0.1) is 0 Å². The molecule has 0 fully saturated rings. The largest absolute Gasteiger partial charge is 0.486 e. The summed E-state index contributed by atoms with van der Waals surface area (Å²) >= 11 is 0. The van der Waals surface area contributed by atoms with Crippen LogP contribution in [-0.4, -0.2) is 38.3 Å². The predicted molar refractivity (Wildman–Crippen MR) is 75.4 cm³/mol. The van der Waals surface area contributed by atoms with Crippen LogP contribution in [0, 0.1) is 6.92 Å². The van der Waals surface area contributed by atoms with Gasteiger partial charge in [-0.25, -0.2) is 13.1 Å². The van der Waals surface area contributed by atoms with Crippen LogP contribution in [-0.2, 0) is 16.4 Å². The van der Waals surface area contributed by atoms with Crippen LogP contribution in [0.15, 0.2) is 27.6 Å². The van der Waals surface area contributed by atoms with Crippen molar-refractivity contribution in [3.8, 4) is 11.5 Å². The van der Waals surface area contributed by atoms with Gasteiger partial charge in [0, 0.05) is 26.0 Å². The molecule has 1 aromatic heterocycles. The van der Waals surface area contributed by atoms with Crippen molar-refractivity contribution in [3.05, 3.63) is 29.9 Å². The van der Waals surface area contributed by atoms with E-state index in [9.17, 15) is 8.42 Å². The molecule has 0 spiro atoms. The van der Waals surface area contributed by atoms with Gasteiger partial charge in [-0.05, 0) is 12.1 Å². The van der Waals surface area contributed by atoms with E-state index < -0.39 is 10.0 Å². The van der Waals surface area contributed by atoms with Crippen LogP contribution in [0.25, 0.3) is 0 Å². The predicted octanol–water partition coefficient (Wildman–Crippen LogP) is 0.670. The number of hydrogen-bond donors (Lipinski definition) is 1. The third-order valence-corrected chi connectivity index (χ3v) is 4.49. The second kappa shape index (κ2) is 5.93. The first kappa shape index (κ1) is 14.8. The summed E-state index contributed by atoms with van der Waals surface area (Å²) in [5.74, 6) is 1.89. The van der Waals surface area contributed by atoms with Crippen molar-refractivity contribution in [3.63, 3.8) is 0 Å². The van der Waals surface area contributed by atoms with Gasteiger partial charge in [-0.2, -0.15) is 4.98 Å². The summed E-state index contributed by atoms with van der Waals surface area (Å²) in [7, 11) is -3.63. The average molecular weight is 325 g/mol. The maximum Gasteiger partial charge on any atom is 0.240 e. The molecule has 2 aromatic rings. The number of ether oxygens (including phenoxy) is 2. The highest BCUT2D eigenvalue weighted by molar-refractivity contribution is 7.89. The molecule has 0 saturated heterocycles. The number of rotatable bonds is 5. The van der Waals surface area contributed by atoms with E-state index in [2.05, 4.69) is 14.9 Å². The second-order valence-corrected chi connectivity index (χ2v) is 6.45. The van der Waals surface area contributed by atoms with Crippen molar-refractivity contribution in [2.24, 2.45) is 0 Å². The van der Waals surface area contributed by atoms with Gasteiger partial charge < -0.3 is 14.0 Å². The number of nitrogens with zero attached hydrogens (tertiary/aromatic N) is 2. The van der Waals surface area contributed by atoms with Gasteiger partial charge in [-0.3, -0.25) is 0 Å². The molecule has 0 amide bonds. The fraction of sp³-hybridized carbons (Fsp3) is 0.385. The van der Waals surface area contributed by atoms with Crippen molar-refractivity contribution in [2.75, 3.05) is 19.8 Å². The van der Waals surface area contributed by atoms with Crippen LogP contribution < -0.4 is 14.2 Å². The summed E-state index contributed by atoms with van der Waals surface area (Å²) in [6.45, 7) is 2.72. The van der Waals surface area contributed by atoms with Gasteiger partial charge in [0.25, 0.3) is 0 Å².